The third kappa shape index (κ3) is 0.897. The Morgan fingerprint density at radius 3 is 2.92 bits per heavy atom. The smallest absolute Gasteiger partial charge is 0.140 e. The summed E-state index contributed by atoms with van der Waals surface area (Å²) in [6.45, 7) is 3.64. The molecule has 2 nitrogen and oxygen atoms in total. The van der Waals surface area contributed by atoms with Gasteiger partial charge in [0, 0.05) is 11.9 Å². The van der Waals surface area contributed by atoms with Gasteiger partial charge in [-0.15, -0.1) is 0 Å². The second kappa shape index (κ2) is 2.30. The van der Waals surface area contributed by atoms with Gasteiger partial charge in [-0.1, -0.05) is 0 Å². The van der Waals surface area contributed by atoms with Crippen LogP contribution in [0.4, 0.5) is 4.39 Å². The largest absolute Gasteiger partial charge is 0.346 e. The number of hydrogen-bond donors (Lipinski definition) is 1. The fraction of sp³-hybridized carbons (Fsp3) is 0.222. The van der Waals surface area contributed by atoms with Gasteiger partial charge in [-0.2, -0.15) is 0 Å². The zero-order valence-corrected chi connectivity index (χ0v) is 6.98. The number of aryl methyl sites for hydroxylation is 2. The Labute approximate surface area is 69.4 Å². The van der Waals surface area contributed by atoms with Gasteiger partial charge in [-0.25, -0.2) is 9.37 Å². The molecule has 0 saturated carbocycles. The molecular weight excluding hydrogens is 155 g/mol. The van der Waals surface area contributed by atoms with E-state index >= 15 is 0 Å². The minimum absolute atomic E-state index is 0.198. The second-order valence-electron chi connectivity index (χ2n) is 2.94. The van der Waals surface area contributed by atoms with Gasteiger partial charge in [0.25, 0.3) is 0 Å². The summed E-state index contributed by atoms with van der Waals surface area (Å²) >= 11 is 0. The molecule has 2 aromatic rings. The molecular formula is C9H9FN2. The fourth-order valence-corrected chi connectivity index (χ4v) is 1.36. The average Bonchev–Trinajstić information content (AvgIpc) is 2.31. The highest BCUT2D eigenvalue weighted by Crippen LogP contribution is 2.19. The zero-order valence-electron chi connectivity index (χ0n) is 6.98. The van der Waals surface area contributed by atoms with Crippen molar-refractivity contribution in [1.82, 2.24) is 9.97 Å². The van der Waals surface area contributed by atoms with Crippen molar-refractivity contribution in [1.29, 1.82) is 0 Å². The Hall–Kier alpha value is -1.38. The summed E-state index contributed by atoms with van der Waals surface area (Å²) in [7, 11) is 0. The quantitative estimate of drug-likeness (QED) is 0.636. The van der Waals surface area contributed by atoms with Crippen LogP contribution in [-0.4, -0.2) is 9.97 Å². The van der Waals surface area contributed by atoms with Crippen LogP contribution in [0.5, 0.6) is 0 Å². The van der Waals surface area contributed by atoms with Crippen LogP contribution in [0.1, 0.15) is 11.3 Å². The Bertz CT molecular complexity index is 431. The Balaban J connectivity index is 2.93. The van der Waals surface area contributed by atoms with E-state index in [2.05, 4.69) is 9.97 Å². The fourth-order valence-electron chi connectivity index (χ4n) is 1.36. The number of rotatable bonds is 0. The molecule has 0 spiro atoms. The van der Waals surface area contributed by atoms with Crippen molar-refractivity contribution in [3.05, 3.63) is 29.3 Å². The van der Waals surface area contributed by atoms with E-state index < -0.39 is 0 Å². The van der Waals surface area contributed by atoms with Crippen LogP contribution in [0, 0.1) is 19.7 Å². The van der Waals surface area contributed by atoms with Crippen molar-refractivity contribution in [2.45, 2.75) is 13.8 Å². The molecule has 62 valence electrons. The summed E-state index contributed by atoms with van der Waals surface area (Å²) < 4.78 is 13.3. The van der Waals surface area contributed by atoms with E-state index in [1.54, 1.807) is 13.1 Å². The van der Waals surface area contributed by atoms with Crippen LogP contribution in [0.3, 0.4) is 0 Å². The Morgan fingerprint density at radius 2 is 2.17 bits per heavy atom. The van der Waals surface area contributed by atoms with Crippen LogP contribution < -0.4 is 0 Å². The maximum Gasteiger partial charge on any atom is 0.140 e. The molecule has 1 N–H and O–H groups in total. The standard InChI is InChI=1S/C9H9FN2/c1-5-4-11-9-8(5)7(10)3-6(2)12-9/h3-4H,1-2H3,(H,11,12). The number of nitrogens with zero attached hydrogens (tertiary/aromatic N) is 1. The van der Waals surface area contributed by atoms with Crippen LogP contribution in [0.15, 0.2) is 12.3 Å². The number of aromatic nitrogens is 2. The van der Waals surface area contributed by atoms with E-state index in [0.717, 1.165) is 5.56 Å². The number of H-pyrrole nitrogens is 1. The van der Waals surface area contributed by atoms with Crippen molar-refractivity contribution in [3.8, 4) is 0 Å². The van der Waals surface area contributed by atoms with Crippen LogP contribution >= 0.6 is 0 Å². The highest BCUT2D eigenvalue weighted by atomic mass is 19.1. The molecule has 0 radical (unpaired) electrons. The summed E-state index contributed by atoms with van der Waals surface area (Å²) in [6, 6.07) is 1.45. The molecule has 0 atom stereocenters. The number of pyridine rings is 1. The zero-order chi connectivity index (χ0) is 8.72. The molecule has 0 aromatic carbocycles. The first-order valence-electron chi connectivity index (χ1n) is 3.79. The van der Waals surface area contributed by atoms with E-state index in [4.69, 9.17) is 0 Å². The molecule has 0 aliphatic heterocycles. The van der Waals surface area contributed by atoms with Crippen molar-refractivity contribution < 1.29 is 4.39 Å². The molecule has 0 aliphatic carbocycles. The van der Waals surface area contributed by atoms with Gasteiger partial charge in [-0.05, 0) is 25.5 Å². The lowest BCUT2D eigenvalue weighted by atomic mass is 10.2. The van der Waals surface area contributed by atoms with E-state index in [-0.39, 0.29) is 5.82 Å². The Morgan fingerprint density at radius 1 is 1.42 bits per heavy atom. The third-order valence-corrected chi connectivity index (χ3v) is 1.92. The topological polar surface area (TPSA) is 28.7 Å². The van der Waals surface area contributed by atoms with Crippen LogP contribution in [0.2, 0.25) is 0 Å². The molecule has 2 heterocycles. The van der Waals surface area contributed by atoms with Crippen LogP contribution in [0.25, 0.3) is 11.0 Å². The maximum absolute atomic E-state index is 13.3. The second-order valence-corrected chi connectivity index (χ2v) is 2.94. The lowest BCUT2D eigenvalue weighted by molar-refractivity contribution is 0.636. The number of fused-ring (bicyclic) bond motifs is 1. The molecule has 0 saturated heterocycles. The summed E-state index contributed by atoms with van der Waals surface area (Å²) in [5.74, 6) is -0.198. The van der Waals surface area contributed by atoms with Gasteiger partial charge in [0.1, 0.15) is 11.5 Å². The van der Waals surface area contributed by atoms with Crippen molar-refractivity contribution in [2.75, 3.05) is 0 Å². The maximum atomic E-state index is 13.3. The molecule has 0 fully saturated rings. The van der Waals surface area contributed by atoms with Gasteiger partial charge in [-0.3, -0.25) is 0 Å². The lowest BCUT2D eigenvalue weighted by Gasteiger charge is -1.95. The average molecular weight is 164 g/mol. The minimum Gasteiger partial charge on any atom is -0.346 e. The van der Waals surface area contributed by atoms with Gasteiger partial charge in [0.15, 0.2) is 0 Å². The predicted octanol–water partition coefficient (Wildman–Crippen LogP) is 2.32. The van der Waals surface area contributed by atoms with E-state index in [9.17, 15) is 4.39 Å². The number of aromatic amines is 1. The number of nitrogens with one attached hydrogen (secondary N) is 1. The SMILES string of the molecule is Cc1cc(F)c2c(C)c[nH]c2n1. The Kier molecular flexibility index (Phi) is 1.40. The summed E-state index contributed by atoms with van der Waals surface area (Å²) in [6.07, 6.45) is 1.76. The molecule has 3 heteroatoms. The molecule has 0 amide bonds. The molecule has 0 bridgehead atoms. The first kappa shape index (κ1) is 7.28. The van der Waals surface area contributed by atoms with E-state index in [1.165, 1.54) is 6.07 Å². The highest BCUT2D eigenvalue weighted by molar-refractivity contribution is 5.80. The van der Waals surface area contributed by atoms with Crippen LogP contribution in [-0.2, 0) is 0 Å². The van der Waals surface area contributed by atoms with E-state index in [0.29, 0.717) is 16.7 Å². The molecule has 2 rings (SSSR count). The number of hydrogen-bond acceptors (Lipinski definition) is 1. The van der Waals surface area contributed by atoms with Crippen molar-refractivity contribution >= 4 is 11.0 Å². The highest BCUT2D eigenvalue weighted by Gasteiger charge is 2.06. The molecule has 2 aromatic heterocycles. The first-order chi connectivity index (χ1) is 5.68. The predicted molar refractivity (Wildman–Crippen MR) is 45.5 cm³/mol. The van der Waals surface area contributed by atoms with Gasteiger partial charge >= 0.3 is 0 Å². The summed E-state index contributed by atoms with van der Waals surface area (Å²) in [4.78, 5) is 7.08. The van der Waals surface area contributed by atoms with Gasteiger partial charge in [0.05, 0.1) is 5.39 Å². The lowest BCUT2D eigenvalue weighted by Crippen LogP contribution is -1.86. The van der Waals surface area contributed by atoms with Crippen molar-refractivity contribution in [3.63, 3.8) is 0 Å². The third-order valence-electron chi connectivity index (χ3n) is 1.92. The summed E-state index contributed by atoms with van der Waals surface area (Å²) in [5.41, 5.74) is 2.22. The molecule has 0 aliphatic rings. The monoisotopic (exact) mass is 164 g/mol. The summed E-state index contributed by atoms with van der Waals surface area (Å²) in [5, 5.41) is 0.598. The normalized spacial score (nSPS) is 10.9. The van der Waals surface area contributed by atoms with Gasteiger partial charge in [0.2, 0.25) is 0 Å². The first-order valence-corrected chi connectivity index (χ1v) is 3.79. The molecule has 12 heavy (non-hydrogen) atoms. The number of halogens is 1. The minimum atomic E-state index is -0.198. The van der Waals surface area contributed by atoms with Gasteiger partial charge < -0.3 is 4.98 Å². The van der Waals surface area contributed by atoms with E-state index in [1.807, 2.05) is 6.92 Å². The molecule has 0 unspecified atom stereocenters. The van der Waals surface area contributed by atoms with Crippen molar-refractivity contribution in [2.24, 2.45) is 0 Å².